The maximum atomic E-state index is 10.8. The number of allylic oxidation sites excluding steroid dienone is 1. The highest BCUT2D eigenvalue weighted by Crippen LogP contribution is 2.23. The number of ether oxygens (including phenoxy) is 20. The van der Waals surface area contributed by atoms with Gasteiger partial charge in [0.15, 0.2) is 0 Å². The first kappa shape index (κ1) is 80.0. The minimum Gasteiger partial charge on any atom is -0.491 e. The zero-order chi connectivity index (χ0) is 60.3. The summed E-state index contributed by atoms with van der Waals surface area (Å²) < 4.78 is 140. The molecule has 84 heavy (non-hydrogen) atoms. The third-order valence-corrected chi connectivity index (χ3v) is 11.9. The molecular weight excluding hydrogens is 1130 g/mol. The van der Waals surface area contributed by atoms with E-state index in [9.17, 15) is 8.76 Å². The van der Waals surface area contributed by atoms with Crippen molar-refractivity contribution in [3.8, 4) is 5.75 Å². The normalized spacial score (nSPS) is 12.6. The van der Waals surface area contributed by atoms with Crippen LogP contribution < -0.4 is 10.6 Å². The van der Waals surface area contributed by atoms with Gasteiger partial charge in [-0.25, -0.2) is 0 Å². The summed E-state index contributed by atoms with van der Waals surface area (Å²) in [7, 11) is -4.15. The largest absolute Gasteiger partial charge is 0.564 e. The molecule has 0 aliphatic rings. The summed E-state index contributed by atoms with van der Waals surface area (Å²) in [5.74, 6) is 5.43. The second kappa shape index (κ2) is 66.9. The van der Waals surface area contributed by atoms with Crippen LogP contribution >= 0.6 is 0 Å². The fourth-order valence-corrected chi connectivity index (χ4v) is 7.30. The molecule has 0 amide bonds. The van der Waals surface area contributed by atoms with Gasteiger partial charge >= 0.3 is 10.8 Å². The monoisotopic (exact) mass is 1240 g/mol. The Bertz CT molecular complexity index is 1550. The van der Waals surface area contributed by atoms with E-state index in [4.69, 9.17) is 94.7 Å². The second-order valence-electron chi connectivity index (χ2n) is 18.1. The van der Waals surface area contributed by atoms with Crippen LogP contribution in [0.25, 0.3) is 6.08 Å². The van der Waals surface area contributed by atoms with Gasteiger partial charge in [-0.1, -0.05) is 63.7 Å². The van der Waals surface area contributed by atoms with Crippen molar-refractivity contribution in [1.82, 2.24) is 0 Å². The summed E-state index contributed by atoms with van der Waals surface area (Å²) in [6, 6.07) is 6.53. The molecule has 0 aliphatic carbocycles. The molecule has 0 saturated heterocycles. The highest BCUT2D eigenvalue weighted by atomic mass is 32.3. The van der Waals surface area contributed by atoms with Crippen molar-refractivity contribution < 1.29 is 112 Å². The maximum absolute atomic E-state index is 10.8. The van der Waals surface area contributed by atoms with Crippen LogP contribution in [-0.4, -0.2) is 264 Å². The summed E-state index contributed by atoms with van der Waals surface area (Å²) >= 11 is 0. The molecule has 1 rings (SSSR count). The van der Waals surface area contributed by atoms with Crippen molar-refractivity contribution in [1.29, 1.82) is 0 Å². The molecule has 0 saturated carbocycles. The van der Waals surface area contributed by atoms with E-state index in [1.807, 2.05) is 6.92 Å². The van der Waals surface area contributed by atoms with Crippen LogP contribution in [0.15, 0.2) is 24.3 Å². The zero-order valence-electron chi connectivity index (χ0n) is 51.1. The van der Waals surface area contributed by atoms with E-state index in [1.165, 1.54) is 50.5 Å². The van der Waals surface area contributed by atoms with Crippen LogP contribution in [0.1, 0.15) is 69.9 Å². The SMILES string of the molecule is C/C=C/c1cc(CCCCCCCCC)ccc1OCCOCCOCCOCCOCCOCCOCCOCCOCCOCCOCCOCCOCCOCCOCCOCCOCCOCCOCCOCCO[S+]([O])(=O)ON. The fraction of sp³-hybridized carbons (Fsp3) is 0.862. The quantitative estimate of drug-likeness (QED) is 0.0493. The van der Waals surface area contributed by atoms with Crippen LogP contribution in [-0.2, 0) is 124 Å². The van der Waals surface area contributed by atoms with Crippen molar-refractivity contribution in [3.05, 3.63) is 35.4 Å². The molecule has 25 nitrogen and oxygen atoms in total. The number of unbranched alkanes of at least 4 members (excludes halogenated alkanes) is 6. The van der Waals surface area contributed by atoms with Crippen molar-refractivity contribution in [2.24, 2.45) is 5.90 Å². The lowest BCUT2D eigenvalue weighted by molar-refractivity contribution is -0.0313. The van der Waals surface area contributed by atoms with Gasteiger partial charge in [-0.15, -0.1) is 4.18 Å². The molecule has 2 N–H and O–H groups in total. The fourth-order valence-electron chi connectivity index (χ4n) is 6.97. The Labute approximate surface area is 503 Å². The van der Waals surface area contributed by atoms with E-state index in [1.54, 1.807) is 0 Å². The van der Waals surface area contributed by atoms with Crippen molar-refractivity contribution in [3.63, 3.8) is 0 Å². The predicted molar refractivity (Wildman–Crippen MR) is 314 cm³/mol. The highest BCUT2D eigenvalue weighted by Gasteiger charge is 2.32. The lowest BCUT2D eigenvalue weighted by Gasteiger charge is -2.12. The van der Waals surface area contributed by atoms with Gasteiger partial charge in [0.2, 0.25) is 0 Å². The van der Waals surface area contributed by atoms with Crippen molar-refractivity contribution >= 4 is 16.9 Å². The van der Waals surface area contributed by atoms with E-state index in [0.717, 1.165) is 17.7 Å². The van der Waals surface area contributed by atoms with Gasteiger partial charge in [0, 0.05) is 9.77 Å². The summed E-state index contributed by atoms with van der Waals surface area (Å²) in [4.78, 5) is 0. The van der Waals surface area contributed by atoms with Crippen LogP contribution in [0.3, 0.4) is 0 Å². The average molecular weight is 1240 g/mol. The first-order valence-electron chi connectivity index (χ1n) is 30.2. The Hall–Kier alpha value is -2.01. The number of benzene rings is 1. The van der Waals surface area contributed by atoms with E-state index >= 15 is 0 Å². The Kier molecular flexibility index (Phi) is 63.7. The number of hydrogen-bond acceptors (Lipinski definition) is 24. The molecule has 0 fully saturated rings. The van der Waals surface area contributed by atoms with E-state index in [0.29, 0.717) is 244 Å². The predicted octanol–water partition coefficient (Wildman–Crippen LogP) is 5.29. The standard InChI is InChI=1S/C58H109NO24S/c1-3-5-6-7-8-9-10-12-56-13-14-58(57(55-56)11-4-2)81-53-51-79-49-47-77-45-43-75-41-39-73-37-35-71-33-31-69-29-27-67-25-23-65-21-19-63-17-15-62-16-18-64-20-22-66-24-26-68-28-30-70-32-34-72-36-38-74-40-42-76-44-46-78-48-50-80-52-54-82-84(60,61)83-59/h4,11,13-14,55H,3,5-10,12,15-54,59H2,1-2H3/q+1/b11-4+. The number of rotatable bonds is 72. The van der Waals surface area contributed by atoms with Crippen LogP contribution in [0.2, 0.25) is 0 Å². The van der Waals surface area contributed by atoms with Gasteiger partial charge in [-0.2, -0.15) is 5.90 Å². The van der Waals surface area contributed by atoms with E-state index in [-0.39, 0.29) is 19.8 Å². The first-order chi connectivity index (χ1) is 41.5. The molecule has 1 atom stereocenters. The Balaban J connectivity index is 1.66. The van der Waals surface area contributed by atoms with Crippen LogP contribution in [0.4, 0.5) is 0 Å². The second-order valence-corrected chi connectivity index (χ2v) is 19.3. The van der Waals surface area contributed by atoms with E-state index < -0.39 is 10.8 Å². The van der Waals surface area contributed by atoms with Gasteiger partial charge in [0.25, 0.3) is 0 Å². The number of nitrogens with two attached hydrogens (primary N) is 1. The third kappa shape index (κ3) is 60.3. The molecule has 0 aromatic heterocycles. The minimum atomic E-state index is -4.15. The summed E-state index contributed by atoms with van der Waals surface area (Å²) in [5, 5.41) is 0. The average Bonchev–Trinajstić information content (AvgIpc) is 3.50. The Morgan fingerprint density at radius 3 is 0.869 bits per heavy atom. The minimum absolute atomic E-state index is 0.0539. The Morgan fingerprint density at radius 1 is 0.357 bits per heavy atom. The van der Waals surface area contributed by atoms with Gasteiger partial charge in [0.1, 0.15) is 23.5 Å². The van der Waals surface area contributed by atoms with E-state index in [2.05, 4.69) is 51.6 Å². The van der Waals surface area contributed by atoms with Gasteiger partial charge < -0.3 is 94.7 Å². The molecule has 1 radical (unpaired) electrons. The number of hydrogen-bond donors (Lipinski definition) is 1. The number of aryl methyl sites for hydroxylation is 1. The van der Waals surface area contributed by atoms with Gasteiger partial charge in [-0.05, 0) is 41.7 Å². The molecule has 0 bridgehead atoms. The highest BCUT2D eigenvalue weighted by molar-refractivity contribution is 7.88. The first-order valence-corrected chi connectivity index (χ1v) is 31.5. The van der Waals surface area contributed by atoms with Crippen LogP contribution in [0, 0.1) is 0 Å². The lowest BCUT2D eigenvalue weighted by atomic mass is 10.0. The Morgan fingerprint density at radius 2 is 0.607 bits per heavy atom. The molecular formula is C58H109NO24S+. The molecule has 0 aliphatic heterocycles. The maximum Gasteiger partial charge on any atom is 0.564 e. The van der Waals surface area contributed by atoms with Crippen molar-refractivity contribution in [2.75, 3.05) is 264 Å². The molecule has 1 aromatic rings. The smallest absolute Gasteiger partial charge is 0.491 e. The lowest BCUT2D eigenvalue weighted by Crippen LogP contribution is -2.22. The van der Waals surface area contributed by atoms with Gasteiger partial charge in [-0.3, -0.25) is 0 Å². The van der Waals surface area contributed by atoms with Gasteiger partial charge in [0.05, 0.1) is 251 Å². The molecule has 495 valence electrons. The zero-order valence-corrected chi connectivity index (χ0v) is 51.9. The molecule has 0 spiro atoms. The van der Waals surface area contributed by atoms with Crippen molar-refractivity contribution in [2.45, 2.75) is 65.2 Å². The molecule has 1 aromatic carbocycles. The third-order valence-electron chi connectivity index (χ3n) is 11.2. The molecule has 0 heterocycles. The summed E-state index contributed by atoms with van der Waals surface area (Å²) in [6.07, 6.45) is 14.5. The molecule has 1 unspecified atom stereocenters. The summed E-state index contributed by atoms with van der Waals surface area (Å²) in [5.41, 5.74) is 2.49. The molecule has 26 heteroatoms. The summed E-state index contributed by atoms with van der Waals surface area (Å²) in [6.45, 7) is 21.8. The topological polar surface area (TPSA) is 266 Å². The van der Waals surface area contributed by atoms with Crippen LogP contribution in [0.5, 0.6) is 5.75 Å².